The van der Waals surface area contributed by atoms with Gasteiger partial charge in [0.05, 0.1) is 17.8 Å². The molecule has 0 fully saturated rings. The van der Waals surface area contributed by atoms with E-state index in [0.29, 0.717) is 17.8 Å². The Morgan fingerprint density at radius 2 is 1.63 bits per heavy atom. The van der Waals surface area contributed by atoms with Gasteiger partial charge in [-0.15, -0.1) is 0 Å². The fraction of sp³-hybridized carbons (Fsp3) is 0.190. The fourth-order valence-corrected chi connectivity index (χ4v) is 2.65. The Hall–Kier alpha value is -3.41. The first-order valence-electron chi connectivity index (χ1n) is 8.94. The second-order valence-corrected chi connectivity index (χ2v) is 6.07. The molecule has 27 heavy (non-hydrogen) atoms. The standard InChI is InChI=1S/C21H22N4O2/c1-2-13-22-19(26)14-23-21(27)18-15-25(17-11-7-4-8-12-17)24-20(18)16-9-5-3-6-10-16/h3-12,15H,2,13-14H2,1H3,(H,22,26)(H,23,27). The summed E-state index contributed by atoms with van der Waals surface area (Å²) in [6.45, 7) is 2.50. The molecule has 0 atom stereocenters. The van der Waals surface area contributed by atoms with Gasteiger partial charge in [-0.05, 0) is 18.6 Å². The molecule has 0 radical (unpaired) electrons. The molecular formula is C21H22N4O2. The van der Waals surface area contributed by atoms with Crippen LogP contribution in [0.2, 0.25) is 0 Å². The summed E-state index contributed by atoms with van der Waals surface area (Å²) >= 11 is 0. The van der Waals surface area contributed by atoms with E-state index < -0.39 is 0 Å². The summed E-state index contributed by atoms with van der Waals surface area (Å²) in [4.78, 5) is 24.5. The van der Waals surface area contributed by atoms with E-state index in [2.05, 4.69) is 15.7 Å². The molecule has 138 valence electrons. The van der Waals surface area contributed by atoms with E-state index in [1.54, 1.807) is 10.9 Å². The van der Waals surface area contributed by atoms with Crippen molar-refractivity contribution in [2.45, 2.75) is 13.3 Å². The molecular weight excluding hydrogens is 340 g/mol. The first kappa shape index (κ1) is 18.4. The van der Waals surface area contributed by atoms with Gasteiger partial charge in [0, 0.05) is 18.3 Å². The normalized spacial score (nSPS) is 10.4. The number of carbonyl (C=O) groups excluding carboxylic acids is 2. The van der Waals surface area contributed by atoms with E-state index in [-0.39, 0.29) is 18.4 Å². The lowest BCUT2D eigenvalue weighted by molar-refractivity contribution is -0.120. The molecule has 2 aromatic carbocycles. The van der Waals surface area contributed by atoms with Crippen LogP contribution in [0.5, 0.6) is 0 Å². The van der Waals surface area contributed by atoms with Crippen LogP contribution < -0.4 is 10.6 Å². The van der Waals surface area contributed by atoms with Gasteiger partial charge >= 0.3 is 0 Å². The van der Waals surface area contributed by atoms with Crippen molar-refractivity contribution in [2.24, 2.45) is 0 Å². The predicted octanol–water partition coefficient (Wildman–Crippen LogP) is 2.80. The van der Waals surface area contributed by atoms with Crippen molar-refractivity contribution >= 4 is 11.8 Å². The van der Waals surface area contributed by atoms with Crippen LogP contribution in [0.4, 0.5) is 0 Å². The Morgan fingerprint density at radius 1 is 0.963 bits per heavy atom. The van der Waals surface area contributed by atoms with Crippen LogP contribution in [0.25, 0.3) is 16.9 Å². The van der Waals surface area contributed by atoms with E-state index in [9.17, 15) is 9.59 Å². The summed E-state index contributed by atoms with van der Waals surface area (Å²) < 4.78 is 1.68. The monoisotopic (exact) mass is 362 g/mol. The van der Waals surface area contributed by atoms with Crippen molar-refractivity contribution in [1.82, 2.24) is 20.4 Å². The van der Waals surface area contributed by atoms with Crippen LogP contribution in [0.1, 0.15) is 23.7 Å². The summed E-state index contributed by atoms with van der Waals surface area (Å²) in [6.07, 6.45) is 2.54. The number of nitrogens with one attached hydrogen (secondary N) is 2. The molecule has 2 N–H and O–H groups in total. The summed E-state index contributed by atoms with van der Waals surface area (Å²) in [5, 5.41) is 10.0. The lowest BCUT2D eigenvalue weighted by atomic mass is 10.1. The Labute approximate surface area is 158 Å². The lowest BCUT2D eigenvalue weighted by Gasteiger charge is -2.06. The lowest BCUT2D eigenvalue weighted by Crippen LogP contribution is -2.37. The maximum absolute atomic E-state index is 12.7. The zero-order valence-electron chi connectivity index (χ0n) is 15.2. The van der Waals surface area contributed by atoms with Gasteiger partial charge in [-0.1, -0.05) is 55.5 Å². The van der Waals surface area contributed by atoms with Crippen molar-refractivity contribution in [3.63, 3.8) is 0 Å². The number of hydrogen-bond acceptors (Lipinski definition) is 3. The maximum atomic E-state index is 12.7. The first-order valence-corrected chi connectivity index (χ1v) is 8.94. The number of para-hydroxylation sites is 1. The van der Waals surface area contributed by atoms with Crippen molar-refractivity contribution in [2.75, 3.05) is 13.1 Å². The minimum absolute atomic E-state index is 0.0659. The summed E-state index contributed by atoms with van der Waals surface area (Å²) in [7, 11) is 0. The Bertz CT molecular complexity index is 904. The molecule has 0 bridgehead atoms. The highest BCUT2D eigenvalue weighted by atomic mass is 16.2. The fourth-order valence-electron chi connectivity index (χ4n) is 2.65. The predicted molar refractivity (Wildman–Crippen MR) is 105 cm³/mol. The van der Waals surface area contributed by atoms with E-state index >= 15 is 0 Å². The molecule has 2 amide bonds. The van der Waals surface area contributed by atoms with Gasteiger partial charge in [-0.3, -0.25) is 9.59 Å². The molecule has 0 unspecified atom stereocenters. The van der Waals surface area contributed by atoms with E-state index in [0.717, 1.165) is 17.7 Å². The average molecular weight is 362 g/mol. The zero-order chi connectivity index (χ0) is 19.1. The largest absolute Gasteiger partial charge is 0.355 e. The van der Waals surface area contributed by atoms with Crippen LogP contribution in [-0.4, -0.2) is 34.7 Å². The van der Waals surface area contributed by atoms with Crippen LogP contribution in [-0.2, 0) is 4.79 Å². The number of hydrogen-bond donors (Lipinski definition) is 2. The Balaban J connectivity index is 1.87. The highest BCUT2D eigenvalue weighted by Crippen LogP contribution is 2.23. The van der Waals surface area contributed by atoms with Crippen molar-refractivity contribution in [3.05, 3.63) is 72.4 Å². The third-order valence-corrected chi connectivity index (χ3v) is 4.01. The number of aromatic nitrogens is 2. The Morgan fingerprint density at radius 3 is 2.30 bits per heavy atom. The number of nitrogens with zero attached hydrogens (tertiary/aromatic N) is 2. The Kier molecular flexibility index (Phi) is 5.99. The minimum atomic E-state index is -0.331. The smallest absolute Gasteiger partial charge is 0.255 e. The third kappa shape index (κ3) is 4.61. The van der Waals surface area contributed by atoms with Crippen LogP contribution in [0.3, 0.4) is 0 Å². The van der Waals surface area contributed by atoms with Gasteiger partial charge in [0.15, 0.2) is 0 Å². The van der Waals surface area contributed by atoms with E-state index in [1.807, 2.05) is 67.6 Å². The van der Waals surface area contributed by atoms with Gasteiger partial charge in [0.25, 0.3) is 5.91 Å². The number of carbonyl (C=O) groups is 2. The number of amides is 2. The van der Waals surface area contributed by atoms with E-state index in [1.165, 1.54) is 0 Å². The van der Waals surface area contributed by atoms with Crippen LogP contribution in [0, 0.1) is 0 Å². The summed E-state index contributed by atoms with van der Waals surface area (Å²) in [6, 6.07) is 19.1. The molecule has 0 aliphatic rings. The molecule has 0 saturated heterocycles. The molecule has 0 spiro atoms. The molecule has 0 aliphatic heterocycles. The summed E-state index contributed by atoms with van der Waals surface area (Å²) in [5.74, 6) is -0.537. The van der Waals surface area contributed by atoms with Gasteiger partial charge < -0.3 is 10.6 Å². The summed E-state index contributed by atoms with van der Waals surface area (Å²) in [5.41, 5.74) is 2.70. The molecule has 3 rings (SSSR count). The van der Waals surface area contributed by atoms with Crippen molar-refractivity contribution < 1.29 is 9.59 Å². The quantitative estimate of drug-likeness (QED) is 0.679. The molecule has 1 heterocycles. The highest BCUT2D eigenvalue weighted by Gasteiger charge is 2.19. The average Bonchev–Trinajstić information content (AvgIpc) is 3.17. The maximum Gasteiger partial charge on any atom is 0.255 e. The molecule has 0 aliphatic carbocycles. The molecule has 1 aromatic heterocycles. The second-order valence-electron chi connectivity index (χ2n) is 6.07. The van der Waals surface area contributed by atoms with Crippen LogP contribution >= 0.6 is 0 Å². The van der Waals surface area contributed by atoms with Gasteiger partial charge in [0.1, 0.15) is 5.69 Å². The molecule has 6 heteroatoms. The van der Waals surface area contributed by atoms with Gasteiger partial charge in [-0.25, -0.2) is 4.68 Å². The first-order chi connectivity index (χ1) is 13.2. The molecule has 6 nitrogen and oxygen atoms in total. The minimum Gasteiger partial charge on any atom is -0.355 e. The number of rotatable bonds is 7. The van der Waals surface area contributed by atoms with Crippen molar-refractivity contribution in [3.8, 4) is 16.9 Å². The molecule has 3 aromatic rings. The topological polar surface area (TPSA) is 76.0 Å². The van der Waals surface area contributed by atoms with Crippen molar-refractivity contribution in [1.29, 1.82) is 0 Å². The number of benzene rings is 2. The second kappa shape index (κ2) is 8.80. The zero-order valence-corrected chi connectivity index (χ0v) is 15.2. The van der Waals surface area contributed by atoms with E-state index in [4.69, 9.17) is 0 Å². The SMILES string of the molecule is CCCNC(=O)CNC(=O)c1cn(-c2ccccc2)nc1-c1ccccc1. The molecule has 0 saturated carbocycles. The third-order valence-electron chi connectivity index (χ3n) is 4.01. The van der Waals surface area contributed by atoms with Crippen LogP contribution in [0.15, 0.2) is 66.9 Å². The highest BCUT2D eigenvalue weighted by molar-refractivity contribution is 6.01. The van der Waals surface area contributed by atoms with Gasteiger partial charge in [-0.2, -0.15) is 5.10 Å². The van der Waals surface area contributed by atoms with Gasteiger partial charge in [0.2, 0.25) is 5.91 Å².